The lowest BCUT2D eigenvalue weighted by molar-refractivity contribution is -0.141. The van der Waals surface area contributed by atoms with Gasteiger partial charge in [-0.1, -0.05) is 6.07 Å². The summed E-state index contributed by atoms with van der Waals surface area (Å²) in [7, 11) is 4.38. The first kappa shape index (κ1) is 23.0. The van der Waals surface area contributed by atoms with Gasteiger partial charge in [0.1, 0.15) is 0 Å². The summed E-state index contributed by atoms with van der Waals surface area (Å²) >= 11 is 0. The molecule has 1 rings (SSSR count). The van der Waals surface area contributed by atoms with Crippen LogP contribution < -0.4 is 20.5 Å². The molecule has 3 N–H and O–H groups in total. The molecule has 25 heavy (non-hydrogen) atoms. The lowest BCUT2D eigenvalue weighted by Crippen LogP contribution is -2.31. The molecular formula is C17H27ClN2O5. The van der Waals surface area contributed by atoms with E-state index >= 15 is 0 Å². The van der Waals surface area contributed by atoms with E-state index in [-0.39, 0.29) is 30.8 Å². The summed E-state index contributed by atoms with van der Waals surface area (Å²) in [6.07, 6.45) is 0.890. The first-order valence-corrected chi connectivity index (χ1v) is 7.75. The average Bonchev–Trinajstić information content (AvgIpc) is 2.58. The largest absolute Gasteiger partial charge is 0.493 e. The molecule has 1 aromatic rings. The Morgan fingerprint density at radius 3 is 2.32 bits per heavy atom. The SMILES string of the molecule is COC(=O)CC(NC(=O)CCC(C)N)c1ccc(OC)c(OC)c1.Cl. The predicted molar refractivity (Wildman–Crippen MR) is 97.2 cm³/mol. The Labute approximate surface area is 154 Å². The fourth-order valence-electron chi connectivity index (χ4n) is 2.20. The smallest absolute Gasteiger partial charge is 0.307 e. The second kappa shape index (κ2) is 11.5. The van der Waals surface area contributed by atoms with Gasteiger partial charge in [-0.05, 0) is 31.0 Å². The van der Waals surface area contributed by atoms with Crippen molar-refractivity contribution in [2.75, 3.05) is 21.3 Å². The van der Waals surface area contributed by atoms with Crippen molar-refractivity contribution in [3.63, 3.8) is 0 Å². The topological polar surface area (TPSA) is 99.9 Å². The van der Waals surface area contributed by atoms with Gasteiger partial charge in [-0.3, -0.25) is 9.59 Å². The molecular weight excluding hydrogens is 348 g/mol. The minimum atomic E-state index is -0.516. The molecule has 0 aliphatic heterocycles. The van der Waals surface area contributed by atoms with E-state index in [0.717, 1.165) is 5.56 Å². The molecule has 0 heterocycles. The van der Waals surface area contributed by atoms with Crippen molar-refractivity contribution in [2.24, 2.45) is 5.73 Å². The van der Waals surface area contributed by atoms with Crippen molar-refractivity contribution in [1.29, 1.82) is 0 Å². The number of amides is 1. The summed E-state index contributed by atoms with van der Waals surface area (Å²) in [5, 5.41) is 2.85. The van der Waals surface area contributed by atoms with Crippen LogP contribution in [0.3, 0.4) is 0 Å². The number of methoxy groups -OCH3 is 3. The number of carbonyl (C=O) groups is 2. The zero-order chi connectivity index (χ0) is 18.1. The van der Waals surface area contributed by atoms with Crippen LogP contribution in [0.5, 0.6) is 11.5 Å². The maximum Gasteiger partial charge on any atom is 0.307 e. The van der Waals surface area contributed by atoms with Gasteiger partial charge in [0.25, 0.3) is 0 Å². The number of hydrogen-bond donors (Lipinski definition) is 2. The van der Waals surface area contributed by atoms with Crippen LogP contribution in [0.25, 0.3) is 0 Å². The van der Waals surface area contributed by atoms with Gasteiger partial charge in [0, 0.05) is 12.5 Å². The molecule has 2 unspecified atom stereocenters. The standard InChI is InChI=1S/C17H26N2O5.ClH/c1-11(18)5-8-16(20)19-13(10-17(21)24-4)12-6-7-14(22-2)15(9-12)23-3;/h6-7,9,11,13H,5,8,10,18H2,1-4H3,(H,19,20);1H. The van der Waals surface area contributed by atoms with E-state index in [2.05, 4.69) is 5.32 Å². The first-order chi connectivity index (χ1) is 11.4. The first-order valence-electron chi connectivity index (χ1n) is 7.75. The minimum Gasteiger partial charge on any atom is -0.493 e. The molecule has 0 bridgehead atoms. The molecule has 2 atom stereocenters. The van der Waals surface area contributed by atoms with Gasteiger partial charge in [0.2, 0.25) is 5.91 Å². The Morgan fingerprint density at radius 2 is 1.80 bits per heavy atom. The molecule has 7 nitrogen and oxygen atoms in total. The minimum absolute atomic E-state index is 0. The van der Waals surface area contributed by atoms with Crippen LogP contribution in [0.1, 0.15) is 37.8 Å². The summed E-state index contributed by atoms with van der Waals surface area (Å²) in [6, 6.07) is 4.67. The molecule has 1 aromatic carbocycles. The zero-order valence-electron chi connectivity index (χ0n) is 15.0. The van der Waals surface area contributed by atoms with Crippen molar-refractivity contribution >= 4 is 24.3 Å². The highest BCUT2D eigenvalue weighted by molar-refractivity contribution is 5.85. The highest BCUT2D eigenvalue weighted by Crippen LogP contribution is 2.31. The third kappa shape index (κ3) is 7.62. The van der Waals surface area contributed by atoms with Crippen LogP contribution in [0.15, 0.2) is 18.2 Å². The number of hydrogen-bond acceptors (Lipinski definition) is 6. The predicted octanol–water partition coefficient (Wildman–Crippen LogP) is 1.97. The van der Waals surface area contributed by atoms with Crippen LogP contribution in [0.2, 0.25) is 0 Å². The van der Waals surface area contributed by atoms with Crippen LogP contribution in [-0.4, -0.2) is 39.2 Å². The lowest BCUT2D eigenvalue weighted by Gasteiger charge is -2.20. The van der Waals surface area contributed by atoms with E-state index < -0.39 is 12.0 Å². The molecule has 1 amide bonds. The third-order valence-electron chi connectivity index (χ3n) is 3.57. The molecule has 0 saturated heterocycles. The monoisotopic (exact) mass is 374 g/mol. The summed E-state index contributed by atoms with van der Waals surface area (Å²) in [6.45, 7) is 1.84. The summed E-state index contributed by atoms with van der Waals surface area (Å²) in [5.41, 5.74) is 6.40. The van der Waals surface area contributed by atoms with Crippen molar-refractivity contribution in [1.82, 2.24) is 5.32 Å². The van der Waals surface area contributed by atoms with Gasteiger partial charge in [0.15, 0.2) is 11.5 Å². The number of carbonyl (C=O) groups excluding carboxylic acids is 2. The molecule has 0 aliphatic carbocycles. The number of nitrogens with one attached hydrogen (secondary N) is 1. The zero-order valence-corrected chi connectivity index (χ0v) is 15.9. The number of halogens is 1. The van der Waals surface area contributed by atoms with Crippen molar-refractivity contribution in [3.05, 3.63) is 23.8 Å². The van der Waals surface area contributed by atoms with E-state index in [1.165, 1.54) is 14.2 Å². The van der Waals surface area contributed by atoms with E-state index in [1.807, 2.05) is 6.92 Å². The van der Waals surface area contributed by atoms with E-state index in [9.17, 15) is 9.59 Å². The van der Waals surface area contributed by atoms with Crippen LogP contribution in [-0.2, 0) is 14.3 Å². The highest BCUT2D eigenvalue weighted by atomic mass is 35.5. The Bertz CT molecular complexity index is 566. The van der Waals surface area contributed by atoms with Gasteiger partial charge in [-0.2, -0.15) is 0 Å². The van der Waals surface area contributed by atoms with Gasteiger partial charge in [-0.15, -0.1) is 12.4 Å². The maximum atomic E-state index is 12.1. The van der Waals surface area contributed by atoms with Crippen LogP contribution >= 0.6 is 12.4 Å². The Balaban J connectivity index is 0.00000576. The third-order valence-corrected chi connectivity index (χ3v) is 3.57. The molecule has 8 heteroatoms. The molecule has 0 spiro atoms. The van der Waals surface area contributed by atoms with Gasteiger partial charge >= 0.3 is 5.97 Å². The summed E-state index contributed by atoms with van der Waals surface area (Å²) in [4.78, 5) is 23.8. The van der Waals surface area contributed by atoms with E-state index in [1.54, 1.807) is 25.3 Å². The number of nitrogens with two attached hydrogens (primary N) is 1. The number of ether oxygens (including phenoxy) is 3. The van der Waals surface area contributed by atoms with E-state index in [4.69, 9.17) is 19.9 Å². The second-order valence-electron chi connectivity index (χ2n) is 5.53. The maximum absolute atomic E-state index is 12.1. The quantitative estimate of drug-likeness (QED) is 0.641. The molecule has 0 aliphatic rings. The molecule has 0 fully saturated rings. The van der Waals surface area contributed by atoms with E-state index in [0.29, 0.717) is 24.3 Å². The second-order valence-corrected chi connectivity index (χ2v) is 5.53. The van der Waals surface area contributed by atoms with Crippen molar-refractivity contribution in [2.45, 2.75) is 38.3 Å². The highest BCUT2D eigenvalue weighted by Gasteiger charge is 2.20. The fraction of sp³-hybridized carbons (Fsp3) is 0.529. The molecule has 0 aromatic heterocycles. The van der Waals surface area contributed by atoms with Gasteiger partial charge in [-0.25, -0.2) is 0 Å². The van der Waals surface area contributed by atoms with Gasteiger partial charge < -0.3 is 25.3 Å². The van der Waals surface area contributed by atoms with Crippen LogP contribution in [0.4, 0.5) is 0 Å². The Morgan fingerprint density at radius 1 is 1.16 bits per heavy atom. The van der Waals surface area contributed by atoms with Gasteiger partial charge in [0.05, 0.1) is 33.8 Å². The normalized spacial score (nSPS) is 12.4. The fourth-order valence-corrected chi connectivity index (χ4v) is 2.20. The van der Waals surface area contributed by atoms with Crippen molar-refractivity contribution in [3.8, 4) is 11.5 Å². The molecule has 142 valence electrons. The summed E-state index contributed by atoms with van der Waals surface area (Å²) in [5.74, 6) is 0.509. The molecule has 0 radical (unpaired) electrons. The Kier molecular flexibility index (Phi) is 10.6. The number of rotatable bonds is 9. The Hall–Kier alpha value is -1.99. The van der Waals surface area contributed by atoms with Crippen molar-refractivity contribution < 1.29 is 23.8 Å². The molecule has 0 saturated carbocycles. The number of benzene rings is 1. The number of esters is 1. The summed E-state index contributed by atoms with van der Waals surface area (Å²) < 4.78 is 15.2. The lowest BCUT2D eigenvalue weighted by atomic mass is 10.0. The average molecular weight is 375 g/mol. The van der Waals surface area contributed by atoms with Crippen LogP contribution in [0, 0.1) is 0 Å².